The van der Waals surface area contributed by atoms with E-state index in [9.17, 15) is 26.0 Å². The molecule has 0 saturated heterocycles. The Labute approximate surface area is 54.5 Å². The van der Waals surface area contributed by atoms with E-state index in [1.54, 1.807) is 0 Å². The molecular formula is C2H2F4O3S. The molecule has 0 aromatic heterocycles. The molecule has 0 atom stereocenters. The Bertz CT molecular complexity index is 167. The predicted octanol–water partition coefficient (Wildman–Crippen LogP) is 0.387. The first-order valence-electron chi connectivity index (χ1n) is 1.84. The SMILES string of the molecule is O=[SH](=O)C(F)(F)OC(F)F. The molecule has 0 rings (SSSR count). The van der Waals surface area contributed by atoms with Gasteiger partial charge in [-0.1, -0.05) is 0 Å². The zero-order chi connectivity index (χ0) is 8.36. The number of rotatable bonds is 3. The Kier molecular flexibility index (Phi) is 3.03. The molecule has 0 N–H and O–H groups in total. The summed E-state index contributed by atoms with van der Waals surface area (Å²) >= 11 is 0. The van der Waals surface area contributed by atoms with Gasteiger partial charge in [0.25, 0.3) is 0 Å². The van der Waals surface area contributed by atoms with Gasteiger partial charge in [-0.15, -0.1) is 0 Å². The molecule has 0 heterocycles. The van der Waals surface area contributed by atoms with Crippen molar-refractivity contribution in [3.63, 3.8) is 0 Å². The van der Waals surface area contributed by atoms with Crippen LogP contribution in [-0.4, -0.2) is 20.5 Å². The molecule has 62 valence electrons. The Balaban J connectivity index is 4.13. The first kappa shape index (κ1) is 9.63. The van der Waals surface area contributed by atoms with Crippen LogP contribution in [0.25, 0.3) is 0 Å². The molecule has 0 bridgehead atoms. The Morgan fingerprint density at radius 2 is 1.70 bits per heavy atom. The van der Waals surface area contributed by atoms with Gasteiger partial charge in [0.2, 0.25) is 10.7 Å². The van der Waals surface area contributed by atoms with E-state index in [-0.39, 0.29) is 0 Å². The van der Waals surface area contributed by atoms with Crippen molar-refractivity contribution in [2.75, 3.05) is 0 Å². The van der Waals surface area contributed by atoms with E-state index < -0.39 is 22.8 Å². The fraction of sp³-hybridized carbons (Fsp3) is 1.00. The quantitative estimate of drug-likeness (QED) is 0.507. The van der Waals surface area contributed by atoms with E-state index >= 15 is 0 Å². The minimum absolute atomic E-state index is 2.44. The second kappa shape index (κ2) is 3.15. The molecule has 0 aromatic rings. The molecule has 0 aliphatic heterocycles. The summed E-state index contributed by atoms with van der Waals surface area (Å²) in [5.74, 6) is 0. The number of alkyl halides is 4. The minimum Gasteiger partial charge on any atom is -0.245 e. The molecule has 0 fully saturated rings. The molecule has 0 aliphatic rings. The molecule has 0 aliphatic carbocycles. The van der Waals surface area contributed by atoms with E-state index in [0.717, 1.165) is 0 Å². The van der Waals surface area contributed by atoms with Crippen LogP contribution in [0.5, 0.6) is 0 Å². The fourth-order valence-electron chi connectivity index (χ4n) is 0.150. The van der Waals surface area contributed by atoms with Gasteiger partial charge >= 0.3 is 12.1 Å². The van der Waals surface area contributed by atoms with Crippen molar-refractivity contribution in [2.45, 2.75) is 12.1 Å². The van der Waals surface area contributed by atoms with E-state index in [0.29, 0.717) is 0 Å². The van der Waals surface area contributed by atoms with Crippen molar-refractivity contribution >= 4 is 10.7 Å². The molecule has 0 spiro atoms. The highest BCUT2D eigenvalue weighted by Gasteiger charge is 2.38. The maximum absolute atomic E-state index is 11.5. The smallest absolute Gasteiger partial charge is 0.245 e. The summed E-state index contributed by atoms with van der Waals surface area (Å²) in [7, 11) is -4.31. The molecule has 0 aromatic carbocycles. The minimum atomic E-state index is -4.77. The second-order valence-corrected chi connectivity index (χ2v) is 2.16. The molecular weight excluding hydrogens is 180 g/mol. The Morgan fingerprint density at radius 1 is 1.30 bits per heavy atom. The standard InChI is InChI=1S/C2H2F4O3S/c3-1(4)9-2(5,6)10(7)8/h1,10H. The lowest BCUT2D eigenvalue weighted by molar-refractivity contribution is -0.270. The van der Waals surface area contributed by atoms with Crippen molar-refractivity contribution in [1.82, 2.24) is 0 Å². The topological polar surface area (TPSA) is 43.4 Å². The zero-order valence-electron chi connectivity index (χ0n) is 4.26. The molecule has 8 heteroatoms. The van der Waals surface area contributed by atoms with Crippen LogP contribution in [0.1, 0.15) is 0 Å². The summed E-state index contributed by atoms with van der Waals surface area (Å²) in [5, 5.41) is 0. The second-order valence-electron chi connectivity index (χ2n) is 1.12. The normalized spacial score (nSPS) is 13.0. The van der Waals surface area contributed by atoms with Crippen molar-refractivity contribution in [2.24, 2.45) is 0 Å². The Hall–Kier alpha value is -0.370. The van der Waals surface area contributed by atoms with E-state index in [4.69, 9.17) is 0 Å². The van der Waals surface area contributed by atoms with Gasteiger partial charge in [-0.2, -0.15) is 17.6 Å². The average Bonchev–Trinajstić information content (AvgIpc) is 1.60. The van der Waals surface area contributed by atoms with Gasteiger partial charge in [0.1, 0.15) is 0 Å². The molecule has 10 heavy (non-hydrogen) atoms. The van der Waals surface area contributed by atoms with Gasteiger partial charge in [0, 0.05) is 0 Å². The number of hydrogen-bond acceptors (Lipinski definition) is 3. The number of halogens is 4. The maximum Gasteiger partial charge on any atom is 0.464 e. The molecule has 3 nitrogen and oxygen atoms in total. The van der Waals surface area contributed by atoms with Crippen LogP contribution in [0.4, 0.5) is 17.6 Å². The third-order valence-corrected chi connectivity index (χ3v) is 0.974. The first-order valence-corrected chi connectivity index (χ1v) is 3.02. The van der Waals surface area contributed by atoms with Crippen molar-refractivity contribution < 1.29 is 30.7 Å². The summed E-state index contributed by atoms with van der Waals surface area (Å²) in [5.41, 5.74) is -4.77. The summed E-state index contributed by atoms with van der Waals surface area (Å²) in [4.78, 5) is 0. The van der Waals surface area contributed by atoms with Crippen molar-refractivity contribution in [3.05, 3.63) is 0 Å². The molecule has 0 radical (unpaired) electrons. The van der Waals surface area contributed by atoms with Crippen LogP contribution >= 0.6 is 0 Å². The lowest BCUT2D eigenvalue weighted by Gasteiger charge is -2.07. The summed E-state index contributed by atoms with van der Waals surface area (Å²) < 4.78 is 66.0. The molecule has 0 saturated carbocycles. The van der Waals surface area contributed by atoms with Gasteiger partial charge in [0.05, 0.1) is 0 Å². The van der Waals surface area contributed by atoms with Crippen LogP contribution < -0.4 is 0 Å². The summed E-state index contributed by atoms with van der Waals surface area (Å²) in [6.07, 6.45) is 0. The monoisotopic (exact) mass is 182 g/mol. The number of hydrogen-bond donors (Lipinski definition) is 1. The van der Waals surface area contributed by atoms with Gasteiger partial charge in [-0.3, -0.25) is 0 Å². The average molecular weight is 182 g/mol. The third kappa shape index (κ3) is 2.97. The maximum atomic E-state index is 11.5. The van der Waals surface area contributed by atoms with Crippen LogP contribution in [0.15, 0.2) is 0 Å². The van der Waals surface area contributed by atoms with Gasteiger partial charge in [0.15, 0.2) is 0 Å². The van der Waals surface area contributed by atoms with Crippen molar-refractivity contribution in [1.29, 1.82) is 0 Å². The predicted molar refractivity (Wildman–Crippen MR) is 22.4 cm³/mol. The number of thiol groups is 1. The lowest BCUT2D eigenvalue weighted by atomic mass is 11.3. The van der Waals surface area contributed by atoms with Gasteiger partial charge < -0.3 is 0 Å². The van der Waals surface area contributed by atoms with Gasteiger partial charge in [-0.05, 0) is 0 Å². The van der Waals surface area contributed by atoms with Crippen LogP contribution in [0.3, 0.4) is 0 Å². The van der Waals surface area contributed by atoms with E-state index in [2.05, 4.69) is 4.74 Å². The lowest BCUT2D eigenvalue weighted by Crippen LogP contribution is -2.25. The number of ether oxygens (including phenoxy) is 1. The molecule has 0 unspecified atom stereocenters. The van der Waals surface area contributed by atoms with Crippen molar-refractivity contribution in [3.8, 4) is 0 Å². The summed E-state index contributed by atoms with van der Waals surface area (Å²) in [6, 6.07) is 0. The summed E-state index contributed by atoms with van der Waals surface area (Å²) in [6.45, 7) is -3.80. The van der Waals surface area contributed by atoms with Crippen LogP contribution in [0.2, 0.25) is 0 Å². The van der Waals surface area contributed by atoms with E-state index in [1.807, 2.05) is 0 Å². The fourth-order valence-corrected chi connectivity index (χ4v) is 0.316. The highest BCUT2D eigenvalue weighted by Crippen LogP contribution is 2.19. The molecule has 0 amide bonds. The van der Waals surface area contributed by atoms with Crippen LogP contribution in [0, 0.1) is 0 Å². The third-order valence-electron chi connectivity index (χ3n) is 0.443. The zero-order valence-corrected chi connectivity index (χ0v) is 5.16. The van der Waals surface area contributed by atoms with E-state index in [1.165, 1.54) is 0 Å². The Morgan fingerprint density at radius 3 is 1.80 bits per heavy atom. The highest BCUT2D eigenvalue weighted by molar-refractivity contribution is 7.73. The highest BCUT2D eigenvalue weighted by atomic mass is 32.2. The van der Waals surface area contributed by atoms with Gasteiger partial charge in [-0.25, -0.2) is 13.2 Å². The largest absolute Gasteiger partial charge is 0.464 e. The van der Waals surface area contributed by atoms with Crippen LogP contribution in [-0.2, 0) is 15.4 Å². The first-order chi connectivity index (χ1) is 4.36.